The number of hydrogen-bond acceptors (Lipinski definition) is 8. The summed E-state index contributed by atoms with van der Waals surface area (Å²) < 4.78 is 0. The molecule has 1 aromatic rings. The molecule has 46 heavy (non-hydrogen) atoms. The van der Waals surface area contributed by atoms with Crippen molar-refractivity contribution in [3.05, 3.63) is 24.3 Å². The van der Waals surface area contributed by atoms with E-state index in [-0.39, 0.29) is 24.8 Å². The summed E-state index contributed by atoms with van der Waals surface area (Å²) in [5, 5.41) is 20.4. The third kappa shape index (κ3) is 13.8. The van der Waals surface area contributed by atoms with Gasteiger partial charge in [-0.1, -0.05) is 79.6 Å². The average Bonchev–Trinajstić information content (AvgIpc) is 3.72. The Morgan fingerprint density at radius 3 is 2.07 bits per heavy atom. The minimum Gasteiger partial charge on any atom is -0.381 e. The molecule has 3 fully saturated rings. The molecular formula is C33H55N7O6. The van der Waals surface area contributed by atoms with Crippen molar-refractivity contribution in [3.8, 4) is 0 Å². The number of carbonyl (C=O) groups is 5. The van der Waals surface area contributed by atoms with Gasteiger partial charge in [0.1, 0.15) is 23.9 Å². The van der Waals surface area contributed by atoms with E-state index < -0.39 is 53.1 Å². The van der Waals surface area contributed by atoms with E-state index in [2.05, 4.69) is 45.1 Å². The topological polar surface area (TPSA) is 183 Å². The van der Waals surface area contributed by atoms with Crippen LogP contribution >= 0.6 is 0 Å². The van der Waals surface area contributed by atoms with Crippen LogP contribution in [-0.4, -0.2) is 93.4 Å². The second-order valence-electron chi connectivity index (χ2n) is 13.2. The molecule has 2 heterocycles. The van der Waals surface area contributed by atoms with Crippen LogP contribution in [0, 0.1) is 5.41 Å². The fraction of sp³-hybridized carbons (Fsp3) is 0.727. The van der Waals surface area contributed by atoms with Crippen molar-refractivity contribution in [2.24, 2.45) is 5.41 Å². The minimum atomic E-state index is -1.38. The van der Waals surface area contributed by atoms with Gasteiger partial charge in [-0.05, 0) is 31.1 Å². The van der Waals surface area contributed by atoms with Crippen molar-refractivity contribution in [1.82, 2.24) is 36.1 Å². The predicted molar refractivity (Wildman–Crippen MR) is 174 cm³/mol. The first-order chi connectivity index (χ1) is 21.9. The number of hydrogen-bond donors (Lipinski definition) is 5. The smallest absolute Gasteiger partial charge is 0.271 e. The quantitative estimate of drug-likeness (QED) is 0.257. The lowest BCUT2D eigenvalue weighted by molar-refractivity contribution is -0.144. The molecular weight excluding hydrogens is 590 g/mol. The maximum absolute atomic E-state index is 13.5. The first-order valence-corrected chi connectivity index (χ1v) is 16.8. The molecule has 0 aromatic carbocycles. The molecule has 2 saturated carbocycles. The molecule has 1 saturated heterocycles. The summed E-state index contributed by atoms with van der Waals surface area (Å²) in [6.07, 6.45) is 15.7. The van der Waals surface area contributed by atoms with Gasteiger partial charge >= 0.3 is 0 Å². The summed E-state index contributed by atoms with van der Waals surface area (Å²) in [7, 11) is 0. The van der Waals surface area contributed by atoms with E-state index in [1.54, 1.807) is 20.8 Å². The zero-order valence-electron chi connectivity index (χ0n) is 28.3. The van der Waals surface area contributed by atoms with Gasteiger partial charge in [-0.2, -0.15) is 0 Å². The summed E-state index contributed by atoms with van der Waals surface area (Å²) in [5.41, 5.74) is -0.637. The van der Waals surface area contributed by atoms with Crippen LogP contribution in [0.25, 0.3) is 0 Å². The molecule has 13 nitrogen and oxygen atoms in total. The van der Waals surface area contributed by atoms with Crippen LogP contribution in [0.1, 0.15) is 116 Å². The van der Waals surface area contributed by atoms with Gasteiger partial charge in [0.2, 0.25) is 17.7 Å². The van der Waals surface area contributed by atoms with Crippen LogP contribution < -0.4 is 21.3 Å². The van der Waals surface area contributed by atoms with Crippen molar-refractivity contribution in [2.45, 2.75) is 129 Å². The molecule has 13 heteroatoms. The van der Waals surface area contributed by atoms with Crippen LogP contribution in [0.15, 0.2) is 18.6 Å². The zero-order chi connectivity index (χ0) is 34.1. The molecule has 1 aromatic heterocycles. The van der Waals surface area contributed by atoms with Crippen LogP contribution in [0.4, 0.5) is 0 Å². The lowest BCUT2D eigenvalue weighted by Gasteiger charge is -2.35. The van der Waals surface area contributed by atoms with E-state index >= 15 is 0 Å². The van der Waals surface area contributed by atoms with Crippen molar-refractivity contribution < 1.29 is 29.1 Å². The molecule has 0 bridgehead atoms. The highest BCUT2D eigenvalue weighted by atomic mass is 16.3. The highest BCUT2D eigenvalue weighted by Gasteiger charge is 2.42. The molecule has 4 rings (SSSR count). The number of rotatable bonds is 10. The monoisotopic (exact) mass is 645 g/mol. The molecule has 258 valence electrons. The minimum absolute atomic E-state index is 0.0554. The third-order valence-electron chi connectivity index (χ3n) is 7.66. The van der Waals surface area contributed by atoms with Gasteiger partial charge in [0.25, 0.3) is 11.8 Å². The average molecular weight is 646 g/mol. The molecule has 0 spiro atoms. The highest BCUT2D eigenvalue weighted by Crippen LogP contribution is 2.26. The van der Waals surface area contributed by atoms with Crippen molar-refractivity contribution in [2.75, 3.05) is 19.6 Å². The van der Waals surface area contributed by atoms with Crippen LogP contribution in [-0.2, 0) is 19.2 Å². The van der Waals surface area contributed by atoms with Crippen LogP contribution in [0.3, 0.4) is 0 Å². The molecule has 3 unspecified atom stereocenters. The second-order valence-corrected chi connectivity index (χ2v) is 13.2. The molecule has 5 amide bonds. The normalized spacial score (nSPS) is 18.7. The van der Waals surface area contributed by atoms with E-state index in [1.165, 1.54) is 68.4 Å². The van der Waals surface area contributed by atoms with E-state index in [1.807, 2.05) is 0 Å². The largest absolute Gasteiger partial charge is 0.381 e. The third-order valence-corrected chi connectivity index (χ3v) is 7.66. The SMILES string of the molecule is C1CCCCC1.CC(C)(C)C(NC(=O)CNC(=O)c1cnccn1)C(=O)N1CCCC1C(=O)NCC(O)C(=O)NC1CC1.CCC. The molecule has 1 aliphatic heterocycles. The number of nitrogens with zero attached hydrogens (tertiary/aromatic N) is 3. The molecule has 5 N–H and O–H groups in total. The Morgan fingerprint density at radius 1 is 0.935 bits per heavy atom. The summed E-state index contributed by atoms with van der Waals surface area (Å²) in [6, 6.07) is -1.66. The van der Waals surface area contributed by atoms with E-state index in [0.717, 1.165) is 12.8 Å². The summed E-state index contributed by atoms with van der Waals surface area (Å²) in [5.74, 6) is -2.59. The highest BCUT2D eigenvalue weighted by molar-refractivity contribution is 5.96. The fourth-order valence-electron chi connectivity index (χ4n) is 4.99. The molecule has 3 atom stereocenters. The Bertz CT molecular complexity index is 1110. The van der Waals surface area contributed by atoms with E-state index in [9.17, 15) is 29.1 Å². The van der Waals surface area contributed by atoms with Gasteiger partial charge in [0, 0.05) is 25.0 Å². The number of likely N-dealkylation sites (tertiary alicyclic amines) is 1. The van der Waals surface area contributed by atoms with Crippen LogP contribution in [0.5, 0.6) is 0 Å². The number of amides is 5. The summed E-state index contributed by atoms with van der Waals surface area (Å²) >= 11 is 0. The number of aliphatic hydroxyl groups is 1. The van der Waals surface area contributed by atoms with Crippen LogP contribution in [0.2, 0.25) is 0 Å². The van der Waals surface area contributed by atoms with Crippen molar-refractivity contribution in [1.29, 1.82) is 0 Å². The van der Waals surface area contributed by atoms with Gasteiger partial charge in [-0.15, -0.1) is 0 Å². The number of carbonyl (C=O) groups excluding carboxylic acids is 5. The van der Waals surface area contributed by atoms with E-state index in [0.29, 0.717) is 19.4 Å². The fourth-order valence-corrected chi connectivity index (χ4v) is 4.99. The van der Waals surface area contributed by atoms with Gasteiger partial charge < -0.3 is 31.3 Å². The van der Waals surface area contributed by atoms with Crippen molar-refractivity contribution in [3.63, 3.8) is 0 Å². The Morgan fingerprint density at radius 2 is 1.54 bits per heavy atom. The van der Waals surface area contributed by atoms with Gasteiger partial charge in [0.05, 0.1) is 19.3 Å². The number of aliphatic hydroxyl groups excluding tert-OH is 1. The standard InChI is InChI=1S/C24H35N7O6.C6H12.C3H8/c1-24(2,3)19(30-18(33)13-28-20(34)15-11-25-8-9-26-15)23(37)31-10-4-5-16(31)21(35)27-12-17(32)22(36)29-14-6-7-14;1-2-4-6-5-3-1;1-3-2/h8-9,11,14,16-17,19,32H,4-7,10,12-13H2,1-3H3,(H,27,35)(H,28,34)(H,29,36)(H,30,33);1-6H2;3H2,1-2H3. The molecule has 2 aliphatic carbocycles. The lowest BCUT2D eigenvalue weighted by Crippen LogP contribution is -2.59. The van der Waals surface area contributed by atoms with Gasteiger partial charge in [-0.3, -0.25) is 29.0 Å². The second kappa shape index (κ2) is 19.8. The Labute approximate surface area is 273 Å². The Hall–Kier alpha value is -3.61. The summed E-state index contributed by atoms with van der Waals surface area (Å²) in [6.45, 7) is 9.30. The number of nitrogens with one attached hydrogen (secondary N) is 4. The van der Waals surface area contributed by atoms with Gasteiger partial charge in [-0.25, -0.2) is 4.98 Å². The Balaban J connectivity index is 0.000000710. The zero-order valence-corrected chi connectivity index (χ0v) is 28.3. The molecule has 3 aliphatic rings. The predicted octanol–water partition coefficient (Wildman–Crippen LogP) is 2.24. The molecule has 0 radical (unpaired) electrons. The Kier molecular flexibility index (Phi) is 16.6. The van der Waals surface area contributed by atoms with Crippen molar-refractivity contribution >= 4 is 29.5 Å². The first kappa shape index (κ1) is 38.6. The van der Waals surface area contributed by atoms with E-state index in [4.69, 9.17) is 0 Å². The first-order valence-electron chi connectivity index (χ1n) is 16.8. The number of aromatic nitrogens is 2. The maximum Gasteiger partial charge on any atom is 0.271 e. The lowest BCUT2D eigenvalue weighted by atomic mass is 9.85. The van der Waals surface area contributed by atoms with Gasteiger partial charge in [0.15, 0.2) is 0 Å². The summed E-state index contributed by atoms with van der Waals surface area (Å²) in [4.78, 5) is 72.1. The maximum atomic E-state index is 13.5.